The fourth-order valence-corrected chi connectivity index (χ4v) is 2.66. The SMILES string of the molecule is O=C(O)c1ccc(C(=O)NC2CCCOc3cc(Cl)ccc32)o1. The predicted molar refractivity (Wildman–Crippen MR) is 82.1 cm³/mol. The van der Waals surface area contributed by atoms with E-state index < -0.39 is 11.9 Å². The molecule has 0 bridgehead atoms. The number of nitrogens with one attached hydrogen (secondary N) is 1. The average molecular weight is 336 g/mol. The van der Waals surface area contributed by atoms with Gasteiger partial charge in [-0.05, 0) is 37.1 Å². The third kappa shape index (κ3) is 3.32. The number of hydrogen-bond acceptors (Lipinski definition) is 4. The van der Waals surface area contributed by atoms with Gasteiger partial charge in [0.2, 0.25) is 5.76 Å². The number of aromatic carboxylic acids is 1. The second kappa shape index (κ2) is 6.34. The molecule has 23 heavy (non-hydrogen) atoms. The van der Waals surface area contributed by atoms with Gasteiger partial charge in [0.15, 0.2) is 5.76 Å². The van der Waals surface area contributed by atoms with Crippen LogP contribution in [0.2, 0.25) is 5.02 Å². The van der Waals surface area contributed by atoms with Gasteiger partial charge in [-0.2, -0.15) is 0 Å². The monoisotopic (exact) mass is 335 g/mol. The molecule has 1 aromatic heterocycles. The molecule has 120 valence electrons. The summed E-state index contributed by atoms with van der Waals surface area (Å²) in [6.45, 7) is 0.545. The van der Waals surface area contributed by atoms with Crippen molar-refractivity contribution in [3.63, 3.8) is 0 Å². The van der Waals surface area contributed by atoms with Crippen molar-refractivity contribution in [2.45, 2.75) is 18.9 Å². The van der Waals surface area contributed by atoms with Crippen molar-refractivity contribution in [2.75, 3.05) is 6.61 Å². The molecule has 2 aromatic rings. The van der Waals surface area contributed by atoms with Gasteiger partial charge in [-0.1, -0.05) is 17.7 Å². The number of rotatable bonds is 3. The molecule has 1 aliphatic heterocycles. The zero-order chi connectivity index (χ0) is 16.4. The maximum atomic E-state index is 12.3. The molecule has 0 spiro atoms. The number of hydrogen-bond donors (Lipinski definition) is 2. The Bertz CT molecular complexity index is 755. The molecular formula is C16H14ClNO5. The van der Waals surface area contributed by atoms with Crippen molar-refractivity contribution in [3.05, 3.63) is 52.4 Å². The van der Waals surface area contributed by atoms with E-state index in [4.69, 9.17) is 25.9 Å². The molecule has 2 N–H and O–H groups in total. The molecule has 1 atom stereocenters. The van der Waals surface area contributed by atoms with Crippen molar-refractivity contribution in [1.29, 1.82) is 0 Å². The Morgan fingerprint density at radius 2 is 2.00 bits per heavy atom. The average Bonchev–Trinajstić information content (AvgIpc) is 2.93. The number of carboxylic acid groups (broad SMARTS) is 1. The van der Waals surface area contributed by atoms with E-state index in [9.17, 15) is 9.59 Å². The Balaban J connectivity index is 1.81. The van der Waals surface area contributed by atoms with E-state index in [2.05, 4.69) is 5.32 Å². The highest BCUT2D eigenvalue weighted by Gasteiger charge is 2.24. The van der Waals surface area contributed by atoms with Crippen LogP contribution in [-0.4, -0.2) is 23.6 Å². The lowest BCUT2D eigenvalue weighted by Gasteiger charge is -2.17. The molecule has 0 fully saturated rings. The Kier molecular flexibility index (Phi) is 4.25. The number of carbonyl (C=O) groups excluding carboxylic acids is 1. The lowest BCUT2D eigenvalue weighted by atomic mass is 10.0. The van der Waals surface area contributed by atoms with E-state index in [0.717, 1.165) is 12.0 Å². The normalized spacial score (nSPS) is 16.8. The first kappa shape index (κ1) is 15.4. The van der Waals surface area contributed by atoms with E-state index in [-0.39, 0.29) is 17.6 Å². The first-order chi connectivity index (χ1) is 11.0. The number of amides is 1. The van der Waals surface area contributed by atoms with Gasteiger partial charge in [0.05, 0.1) is 12.6 Å². The number of carbonyl (C=O) groups is 2. The standard InChI is InChI=1S/C16H14ClNO5/c17-9-3-4-10-11(2-1-7-22-14(10)8-9)18-15(19)12-5-6-13(23-12)16(20)21/h3-6,8,11H,1-2,7H2,(H,18,19)(H,20,21). The van der Waals surface area contributed by atoms with Crippen LogP contribution in [0.1, 0.15) is 45.6 Å². The van der Waals surface area contributed by atoms with E-state index >= 15 is 0 Å². The van der Waals surface area contributed by atoms with E-state index in [1.54, 1.807) is 12.1 Å². The summed E-state index contributed by atoms with van der Waals surface area (Å²) in [7, 11) is 0. The highest BCUT2D eigenvalue weighted by Crippen LogP contribution is 2.33. The highest BCUT2D eigenvalue weighted by atomic mass is 35.5. The highest BCUT2D eigenvalue weighted by molar-refractivity contribution is 6.30. The molecule has 1 unspecified atom stereocenters. The molecule has 2 heterocycles. The van der Waals surface area contributed by atoms with Crippen molar-refractivity contribution in [3.8, 4) is 5.75 Å². The summed E-state index contributed by atoms with van der Waals surface area (Å²) in [5, 5.41) is 12.3. The zero-order valence-corrected chi connectivity index (χ0v) is 12.8. The lowest BCUT2D eigenvalue weighted by Crippen LogP contribution is -2.28. The summed E-state index contributed by atoms with van der Waals surface area (Å²) in [5.74, 6) is -1.35. The molecule has 0 saturated carbocycles. The van der Waals surface area contributed by atoms with Crippen molar-refractivity contribution < 1.29 is 23.8 Å². The Morgan fingerprint density at radius 3 is 2.74 bits per heavy atom. The maximum Gasteiger partial charge on any atom is 0.371 e. The summed E-state index contributed by atoms with van der Waals surface area (Å²) in [5.41, 5.74) is 0.838. The predicted octanol–water partition coefficient (Wildman–Crippen LogP) is 3.27. The Hall–Kier alpha value is -2.47. The number of ether oxygens (including phenoxy) is 1. The second-order valence-corrected chi connectivity index (χ2v) is 5.60. The minimum absolute atomic E-state index is 0.0388. The number of fused-ring (bicyclic) bond motifs is 1. The van der Waals surface area contributed by atoms with Gasteiger partial charge in [-0.3, -0.25) is 4.79 Å². The minimum Gasteiger partial charge on any atom is -0.493 e. The van der Waals surface area contributed by atoms with Gasteiger partial charge in [0, 0.05) is 10.6 Å². The van der Waals surface area contributed by atoms with Gasteiger partial charge in [-0.25, -0.2) is 4.79 Å². The fraction of sp³-hybridized carbons (Fsp3) is 0.250. The van der Waals surface area contributed by atoms with Gasteiger partial charge >= 0.3 is 5.97 Å². The third-order valence-corrected chi connectivity index (χ3v) is 3.83. The first-order valence-corrected chi connectivity index (χ1v) is 7.48. The van der Waals surface area contributed by atoms with Gasteiger partial charge < -0.3 is 19.6 Å². The van der Waals surface area contributed by atoms with Crippen LogP contribution in [0.5, 0.6) is 5.75 Å². The van der Waals surface area contributed by atoms with Crippen LogP contribution in [0.25, 0.3) is 0 Å². The fourth-order valence-electron chi connectivity index (χ4n) is 2.50. The molecule has 6 nitrogen and oxygen atoms in total. The molecule has 1 amide bonds. The Morgan fingerprint density at radius 1 is 1.22 bits per heavy atom. The van der Waals surface area contributed by atoms with Crippen LogP contribution in [0.3, 0.4) is 0 Å². The summed E-state index contributed by atoms with van der Waals surface area (Å²) < 4.78 is 10.7. The zero-order valence-electron chi connectivity index (χ0n) is 12.0. The second-order valence-electron chi connectivity index (χ2n) is 5.17. The van der Waals surface area contributed by atoms with Crippen molar-refractivity contribution in [1.82, 2.24) is 5.32 Å². The van der Waals surface area contributed by atoms with Crippen LogP contribution in [-0.2, 0) is 0 Å². The molecule has 1 aliphatic rings. The third-order valence-electron chi connectivity index (χ3n) is 3.59. The molecule has 1 aromatic carbocycles. The smallest absolute Gasteiger partial charge is 0.371 e. The van der Waals surface area contributed by atoms with Gasteiger partial charge in [-0.15, -0.1) is 0 Å². The Labute approximate surface area is 137 Å². The van der Waals surface area contributed by atoms with Gasteiger partial charge in [0.1, 0.15) is 5.75 Å². The number of furan rings is 1. The number of benzene rings is 1. The maximum absolute atomic E-state index is 12.3. The van der Waals surface area contributed by atoms with E-state index in [1.165, 1.54) is 12.1 Å². The van der Waals surface area contributed by atoms with Crippen LogP contribution in [0.15, 0.2) is 34.7 Å². The first-order valence-electron chi connectivity index (χ1n) is 7.11. The summed E-state index contributed by atoms with van der Waals surface area (Å²) in [4.78, 5) is 23.1. The molecule has 0 radical (unpaired) electrons. The van der Waals surface area contributed by atoms with Crippen LogP contribution < -0.4 is 10.1 Å². The van der Waals surface area contributed by atoms with Crippen molar-refractivity contribution >= 4 is 23.5 Å². The van der Waals surface area contributed by atoms with Crippen molar-refractivity contribution in [2.24, 2.45) is 0 Å². The summed E-state index contributed by atoms with van der Waals surface area (Å²) >= 11 is 5.97. The molecule has 7 heteroatoms. The molecule has 3 rings (SSSR count). The largest absolute Gasteiger partial charge is 0.493 e. The minimum atomic E-state index is -1.22. The van der Waals surface area contributed by atoms with E-state index in [0.29, 0.717) is 23.8 Å². The summed E-state index contributed by atoms with van der Waals surface area (Å²) in [6, 6.07) is 7.62. The van der Waals surface area contributed by atoms with Gasteiger partial charge in [0.25, 0.3) is 5.91 Å². The summed E-state index contributed by atoms with van der Waals surface area (Å²) in [6.07, 6.45) is 1.47. The van der Waals surface area contributed by atoms with Crippen LogP contribution in [0.4, 0.5) is 0 Å². The van der Waals surface area contributed by atoms with Crippen LogP contribution >= 0.6 is 11.6 Å². The quantitative estimate of drug-likeness (QED) is 0.898. The topological polar surface area (TPSA) is 88.8 Å². The van der Waals surface area contributed by atoms with Crippen LogP contribution in [0, 0.1) is 0 Å². The molecule has 0 aliphatic carbocycles. The molecule has 0 saturated heterocycles. The number of halogens is 1. The lowest BCUT2D eigenvalue weighted by molar-refractivity contribution is 0.0659. The van der Waals surface area contributed by atoms with E-state index in [1.807, 2.05) is 6.07 Å². The molecular weight excluding hydrogens is 322 g/mol. The number of carboxylic acids is 1.